The number of aldehydes is 1. The molecule has 0 fully saturated rings. The molecular weight excluding hydrogens is 193 g/mol. The normalized spacial score (nSPS) is 9.47. The van der Waals surface area contributed by atoms with Crippen LogP contribution in [0.4, 0.5) is 0 Å². The summed E-state index contributed by atoms with van der Waals surface area (Å²) in [5.41, 5.74) is 1.52. The minimum absolute atomic E-state index is 0.456. The second kappa shape index (κ2) is 5.26. The van der Waals surface area contributed by atoms with Crippen LogP contribution in [0.3, 0.4) is 0 Å². The van der Waals surface area contributed by atoms with Crippen LogP contribution in [-0.4, -0.2) is 43.0 Å². The molecule has 0 aliphatic heterocycles. The van der Waals surface area contributed by atoms with Crippen LogP contribution in [0.5, 0.6) is 0 Å². The molecule has 76 valence electrons. The van der Waals surface area contributed by atoms with E-state index in [0.29, 0.717) is 16.7 Å². The Bertz CT molecular complexity index is 456. The predicted octanol–water partition coefficient (Wildman–Crippen LogP) is -0.402. The van der Waals surface area contributed by atoms with Gasteiger partial charge in [-0.1, -0.05) is 11.5 Å². The molecule has 2 rings (SSSR count). The highest BCUT2D eigenvalue weighted by Gasteiger charge is 2.00. The van der Waals surface area contributed by atoms with Crippen molar-refractivity contribution in [3.8, 4) is 0 Å². The van der Waals surface area contributed by atoms with E-state index in [0.717, 1.165) is 6.29 Å². The molecule has 15 heavy (non-hydrogen) atoms. The van der Waals surface area contributed by atoms with Crippen molar-refractivity contribution in [2.24, 2.45) is 0 Å². The molecule has 0 unspecified atom stereocenters. The van der Waals surface area contributed by atoms with Gasteiger partial charge in [-0.2, -0.15) is 5.10 Å². The number of nitrogens with zero attached hydrogens (tertiary/aromatic N) is 3. The molecule has 0 N–H and O–H groups in total. The Labute approximate surface area is 88.5 Å². The number of carbonyl (C=O) groups excluding carboxylic acids is 1. The number of carbonyl (C=O) groups is 1. The summed E-state index contributed by atoms with van der Waals surface area (Å²) in [6.07, 6.45) is 3.68. The van der Waals surface area contributed by atoms with E-state index < -0.39 is 0 Å². The van der Waals surface area contributed by atoms with Gasteiger partial charge in [0.15, 0.2) is 6.29 Å². The molecule has 2 aromatic rings. The van der Waals surface area contributed by atoms with Crippen LogP contribution in [0.2, 0.25) is 0 Å². The monoisotopic (exact) mass is 203 g/mol. The van der Waals surface area contributed by atoms with E-state index in [1.54, 1.807) is 26.5 Å². The van der Waals surface area contributed by atoms with Gasteiger partial charge in [0.2, 0.25) is 0 Å². The highest BCUT2D eigenvalue weighted by Crippen LogP contribution is 1.96. The Kier molecular flexibility index (Phi) is 3.99. The van der Waals surface area contributed by atoms with Gasteiger partial charge in [0, 0.05) is 26.0 Å². The fourth-order valence-corrected chi connectivity index (χ4v) is 1.04. The van der Waals surface area contributed by atoms with E-state index in [9.17, 15) is 4.79 Å². The fourth-order valence-electron chi connectivity index (χ4n) is 1.04. The number of methoxy groups -OCH3 is 1. The quantitative estimate of drug-likeness (QED) is 0.467. The molecule has 5 nitrogen and oxygen atoms in total. The first-order valence-corrected chi connectivity index (χ1v) is 4.17. The largest absolute Gasteiger partial charge is 0.388 e. The lowest BCUT2D eigenvalue weighted by atomic mass is 9.96. The van der Waals surface area contributed by atoms with Gasteiger partial charge < -0.3 is 4.74 Å². The zero-order valence-corrected chi connectivity index (χ0v) is 8.54. The molecule has 6 heteroatoms. The molecule has 0 bridgehead atoms. The maximum atomic E-state index is 10.4. The smallest absolute Gasteiger partial charge is 0.151 e. The Balaban J connectivity index is 0.000000337. The third kappa shape index (κ3) is 2.63. The van der Waals surface area contributed by atoms with Crippen LogP contribution >= 0.6 is 0 Å². The first kappa shape index (κ1) is 11.4. The van der Waals surface area contributed by atoms with E-state index in [-0.39, 0.29) is 0 Å². The van der Waals surface area contributed by atoms with Crippen molar-refractivity contribution in [3.63, 3.8) is 0 Å². The highest BCUT2D eigenvalue weighted by molar-refractivity contribution is 6.36. The van der Waals surface area contributed by atoms with Crippen LogP contribution in [0.25, 0.3) is 5.65 Å². The van der Waals surface area contributed by atoms with Gasteiger partial charge >= 0.3 is 0 Å². The maximum Gasteiger partial charge on any atom is 0.151 e. The number of hydrogen-bond donors (Lipinski definition) is 0. The minimum Gasteiger partial charge on any atom is -0.388 e. The summed E-state index contributed by atoms with van der Waals surface area (Å²) < 4.78 is 5.72. The lowest BCUT2D eigenvalue weighted by molar-refractivity contribution is 0.112. The van der Waals surface area contributed by atoms with Crippen molar-refractivity contribution in [1.82, 2.24) is 14.6 Å². The molecule has 0 aromatic carbocycles. The Morgan fingerprint density at radius 1 is 1.53 bits per heavy atom. The lowest BCUT2D eigenvalue weighted by Gasteiger charge is -1.97. The number of ether oxygens (including phenoxy) is 1. The molecule has 0 aliphatic carbocycles. The highest BCUT2D eigenvalue weighted by atomic mass is 16.4. The van der Waals surface area contributed by atoms with Gasteiger partial charge in [-0.25, -0.2) is 9.50 Å². The first-order chi connectivity index (χ1) is 7.22. The van der Waals surface area contributed by atoms with Gasteiger partial charge in [-0.05, 0) is 0 Å². The second-order valence-corrected chi connectivity index (χ2v) is 2.78. The molecule has 0 amide bonds. The van der Waals surface area contributed by atoms with Gasteiger partial charge in [0.1, 0.15) is 19.8 Å². The topological polar surface area (TPSA) is 56.5 Å². The number of pyridine rings is 1. The first-order valence-electron chi connectivity index (χ1n) is 4.17. The third-order valence-corrected chi connectivity index (χ3v) is 1.56. The van der Waals surface area contributed by atoms with Crippen molar-refractivity contribution in [1.29, 1.82) is 0 Å². The van der Waals surface area contributed by atoms with Crippen LogP contribution < -0.4 is 5.46 Å². The Morgan fingerprint density at radius 3 is 2.80 bits per heavy atom. The molecule has 0 aliphatic rings. The summed E-state index contributed by atoms with van der Waals surface area (Å²) in [6.45, 7) is 0. The van der Waals surface area contributed by atoms with E-state index in [1.165, 1.54) is 10.8 Å². The summed E-state index contributed by atoms with van der Waals surface area (Å²) >= 11 is 0. The van der Waals surface area contributed by atoms with E-state index in [1.807, 2.05) is 0 Å². The van der Waals surface area contributed by atoms with Crippen LogP contribution in [0.1, 0.15) is 10.4 Å². The zero-order chi connectivity index (χ0) is 11.3. The lowest BCUT2D eigenvalue weighted by Crippen LogP contribution is -2.09. The molecule has 2 aromatic heterocycles. The summed E-state index contributed by atoms with van der Waals surface area (Å²) in [6, 6.07) is 1.57. The Hall–Kier alpha value is -1.69. The van der Waals surface area contributed by atoms with Crippen molar-refractivity contribution >= 4 is 25.2 Å². The van der Waals surface area contributed by atoms with Crippen LogP contribution in [0, 0.1) is 0 Å². The fraction of sp³-hybridized carbons (Fsp3) is 0.222. The molecule has 0 saturated carbocycles. The SMILES string of the molecule is COC.[B]c1cc(C=O)cn2ncnc12. The van der Waals surface area contributed by atoms with Crippen molar-refractivity contribution in [3.05, 3.63) is 24.2 Å². The van der Waals surface area contributed by atoms with Gasteiger partial charge in [-0.15, -0.1) is 0 Å². The third-order valence-electron chi connectivity index (χ3n) is 1.56. The van der Waals surface area contributed by atoms with E-state index in [2.05, 4.69) is 14.8 Å². The zero-order valence-electron chi connectivity index (χ0n) is 8.54. The van der Waals surface area contributed by atoms with E-state index in [4.69, 9.17) is 7.85 Å². The summed E-state index contributed by atoms with van der Waals surface area (Å²) in [4.78, 5) is 14.3. The minimum atomic E-state index is 0.456. The van der Waals surface area contributed by atoms with Crippen molar-refractivity contribution < 1.29 is 9.53 Å². The average Bonchev–Trinajstić information content (AvgIpc) is 2.67. The van der Waals surface area contributed by atoms with E-state index >= 15 is 0 Å². The Morgan fingerprint density at radius 2 is 2.20 bits per heavy atom. The van der Waals surface area contributed by atoms with Crippen LogP contribution in [-0.2, 0) is 4.74 Å². The van der Waals surface area contributed by atoms with Gasteiger partial charge in [-0.3, -0.25) is 4.79 Å². The predicted molar refractivity (Wildman–Crippen MR) is 56.7 cm³/mol. The molecular formula is C9H10BN3O2. The van der Waals surface area contributed by atoms with Gasteiger partial charge in [0.05, 0.1) is 0 Å². The van der Waals surface area contributed by atoms with Gasteiger partial charge in [0.25, 0.3) is 0 Å². The second-order valence-electron chi connectivity index (χ2n) is 2.78. The molecule has 2 heterocycles. The van der Waals surface area contributed by atoms with Crippen molar-refractivity contribution in [2.45, 2.75) is 0 Å². The summed E-state index contributed by atoms with van der Waals surface area (Å²) in [7, 11) is 8.84. The molecule has 2 radical (unpaired) electrons. The van der Waals surface area contributed by atoms with Crippen LogP contribution in [0.15, 0.2) is 18.6 Å². The molecule has 0 saturated heterocycles. The standard InChI is InChI=1S/C7H4BN3O.C2H6O/c8-6-1-5(3-12)2-11-7(6)9-4-10-11;1-3-2/h1-4H;1-2H3. The molecule has 0 atom stereocenters. The molecule has 0 spiro atoms. The number of aromatic nitrogens is 3. The van der Waals surface area contributed by atoms with Crippen molar-refractivity contribution in [2.75, 3.05) is 14.2 Å². The average molecular weight is 203 g/mol. The number of rotatable bonds is 1. The number of hydrogen-bond acceptors (Lipinski definition) is 4. The maximum absolute atomic E-state index is 10.4. The summed E-state index contributed by atoms with van der Waals surface area (Å²) in [5.74, 6) is 0. The number of fused-ring (bicyclic) bond motifs is 1. The summed E-state index contributed by atoms with van der Waals surface area (Å²) in [5, 5.41) is 3.85.